The van der Waals surface area contributed by atoms with Gasteiger partial charge in [-0.25, -0.2) is 9.50 Å². The summed E-state index contributed by atoms with van der Waals surface area (Å²) >= 11 is 0. The number of carbonyl (C=O) groups excluding carboxylic acids is 1. The molecule has 6 heterocycles. The molecule has 1 aliphatic heterocycles. The van der Waals surface area contributed by atoms with Crippen molar-refractivity contribution >= 4 is 11.4 Å². The van der Waals surface area contributed by atoms with E-state index < -0.39 is 6.04 Å². The van der Waals surface area contributed by atoms with Crippen molar-refractivity contribution < 1.29 is 9.21 Å². The first-order chi connectivity index (χ1) is 15.6. The molecule has 0 aliphatic carbocycles. The van der Waals surface area contributed by atoms with E-state index in [1.807, 2.05) is 35.7 Å². The van der Waals surface area contributed by atoms with Crippen molar-refractivity contribution in [3.8, 4) is 11.6 Å². The molecule has 5 aromatic heterocycles. The van der Waals surface area contributed by atoms with Gasteiger partial charge in [-0.15, -0.1) is 10.2 Å². The third kappa shape index (κ3) is 2.82. The molecule has 0 saturated carbocycles. The van der Waals surface area contributed by atoms with Crippen LogP contribution >= 0.6 is 0 Å². The molecular formula is C21H19N9O2. The molecule has 11 nitrogen and oxygen atoms in total. The number of carbonyl (C=O) groups is 1. The van der Waals surface area contributed by atoms with E-state index in [2.05, 4.69) is 25.3 Å². The van der Waals surface area contributed by atoms with Gasteiger partial charge >= 0.3 is 11.8 Å². The highest BCUT2D eigenvalue weighted by Gasteiger charge is 2.38. The van der Waals surface area contributed by atoms with Gasteiger partial charge in [-0.3, -0.25) is 9.48 Å². The van der Waals surface area contributed by atoms with Crippen LogP contribution in [0.15, 0.2) is 47.3 Å². The zero-order chi connectivity index (χ0) is 21.8. The summed E-state index contributed by atoms with van der Waals surface area (Å²) in [4.78, 5) is 22.9. The fraction of sp³-hybridized carbons (Fsp3) is 0.238. The third-order valence-electron chi connectivity index (χ3n) is 5.70. The Morgan fingerprint density at radius 3 is 2.94 bits per heavy atom. The lowest BCUT2D eigenvalue weighted by atomic mass is 9.99. The Morgan fingerprint density at radius 2 is 2.12 bits per heavy atom. The standard InChI is InChI=1S/C21H19N9O2/c1-12-4-3-5-13-10-16(27-30(12)13)18-17-14(22-11-23-17)7-9-29(18)21(31)20-25-24-19(32-20)15-6-8-28(2)26-15/h3-6,8,10-11,18H,7,9H2,1-2H3,(H,22,23)/t18-/m0/s1. The van der Waals surface area contributed by atoms with Crippen molar-refractivity contribution in [2.75, 3.05) is 6.54 Å². The molecule has 32 heavy (non-hydrogen) atoms. The van der Waals surface area contributed by atoms with E-state index in [9.17, 15) is 4.79 Å². The van der Waals surface area contributed by atoms with Crippen LogP contribution in [-0.4, -0.2) is 56.9 Å². The molecule has 0 unspecified atom stereocenters. The fourth-order valence-electron chi connectivity index (χ4n) is 4.17. The smallest absolute Gasteiger partial charge is 0.312 e. The lowest BCUT2D eigenvalue weighted by Crippen LogP contribution is -2.41. The van der Waals surface area contributed by atoms with Gasteiger partial charge in [0.05, 0.1) is 23.2 Å². The first kappa shape index (κ1) is 18.5. The maximum atomic E-state index is 13.5. The minimum Gasteiger partial charge on any atom is -0.411 e. The van der Waals surface area contributed by atoms with Crippen LogP contribution in [0.25, 0.3) is 17.1 Å². The summed E-state index contributed by atoms with van der Waals surface area (Å²) in [5.74, 6) is -0.256. The highest BCUT2D eigenvalue weighted by molar-refractivity contribution is 5.90. The number of imidazole rings is 1. The van der Waals surface area contributed by atoms with Crippen LogP contribution in [0.1, 0.15) is 39.5 Å². The first-order valence-electron chi connectivity index (χ1n) is 10.2. The van der Waals surface area contributed by atoms with Crippen molar-refractivity contribution in [3.63, 3.8) is 0 Å². The van der Waals surface area contributed by atoms with Gasteiger partial charge in [0.25, 0.3) is 5.89 Å². The molecule has 1 N–H and O–H groups in total. The summed E-state index contributed by atoms with van der Waals surface area (Å²) in [5, 5.41) is 17.0. The highest BCUT2D eigenvalue weighted by atomic mass is 16.4. The Labute approximate surface area is 181 Å². The van der Waals surface area contributed by atoms with Gasteiger partial charge in [-0.05, 0) is 31.2 Å². The maximum Gasteiger partial charge on any atom is 0.312 e. The van der Waals surface area contributed by atoms with Crippen molar-refractivity contribution in [1.82, 2.24) is 44.5 Å². The molecule has 1 amide bonds. The van der Waals surface area contributed by atoms with Gasteiger partial charge in [-0.2, -0.15) is 10.2 Å². The Hall–Kier alpha value is -4.28. The number of fused-ring (bicyclic) bond motifs is 2. The number of rotatable bonds is 3. The molecule has 5 aromatic rings. The molecule has 160 valence electrons. The van der Waals surface area contributed by atoms with Crippen molar-refractivity contribution in [2.24, 2.45) is 7.05 Å². The largest absolute Gasteiger partial charge is 0.411 e. The molecule has 0 spiro atoms. The van der Waals surface area contributed by atoms with Crippen LogP contribution in [0.5, 0.6) is 0 Å². The van der Waals surface area contributed by atoms with Crippen LogP contribution in [0, 0.1) is 6.92 Å². The Bertz CT molecular complexity index is 1460. The molecule has 1 atom stereocenters. The van der Waals surface area contributed by atoms with Gasteiger partial charge in [-0.1, -0.05) is 6.07 Å². The van der Waals surface area contributed by atoms with E-state index >= 15 is 0 Å². The molecule has 6 rings (SSSR count). The van der Waals surface area contributed by atoms with Crippen molar-refractivity contribution in [1.29, 1.82) is 0 Å². The summed E-state index contributed by atoms with van der Waals surface area (Å²) in [6, 6.07) is 9.22. The number of nitrogens with zero attached hydrogens (tertiary/aromatic N) is 8. The molecular weight excluding hydrogens is 410 g/mol. The molecule has 0 fully saturated rings. The number of aryl methyl sites for hydroxylation is 2. The Kier molecular flexibility index (Phi) is 3.97. The molecule has 0 saturated heterocycles. The molecule has 0 radical (unpaired) electrons. The average Bonchev–Trinajstić information content (AvgIpc) is 3.57. The molecule has 0 bridgehead atoms. The van der Waals surface area contributed by atoms with Crippen LogP contribution < -0.4 is 0 Å². The summed E-state index contributed by atoms with van der Waals surface area (Å²) in [6.07, 6.45) is 4.07. The monoisotopic (exact) mass is 429 g/mol. The van der Waals surface area contributed by atoms with E-state index in [0.717, 1.165) is 28.3 Å². The molecule has 0 aromatic carbocycles. The minimum atomic E-state index is -0.470. The van der Waals surface area contributed by atoms with E-state index in [1.54, 1.807) is 35.2 Å². The molecule has 11 heteroatoms. The van der Waals surface area contributed by atoms with Gasteiger partial charge < -0.3 is 14.3 Å². The maximum absolute atomic E-state index is 13.5. The number of pyridine rings is 1. The van der Waals surface area contributed by atoms with E-state index in [1.165, 1.54) is 0 Å². The van der Waals surface area contributed by atoms with Crippen LogP contribution in [-0.2, 0) is 13.5 Å². The minimum absolute atomic E-state index is 0.0883. The number of hydrogen-bond donors (Lipinski definition) is 1. The second-order valence-electron chi connectivity index (χ2n) is 7.78. The fourth-order valence-corrected chi connectivity index (χ4v) is 4.17. The number of nitrogens with one attached hydrogen (secondary N) is 1. The van der Waals surface area contributed by atoms with E-state index in [-0.39, 0.29) is 17.7 Å². The van der Waals surface area contributed by atoms with Gasteiger partial charge in [0.2, 0.25) is 0 Å². The normalized spacial score (nSPS) is 15.9. The number of aromatic nitrogens is 8. The zero-order valence-electron chi connectivity index (χ0n) is 17.4. The SMILES string of the molecule is Cc1cccc2cc([C@H]3c4nc[nH]c4CCN3C(=O)c3nnc(-c4ccn(C)n4)o3)nn12. The number of H-pyrrole nitrogens is 1. The summed E-state index contributed by atoms with van der Waals surface area (Å²) in [6.45, 7) is 2.46. The quantitative estimate of drug-likeness (QED) is 0.465. The van der Waals surface area contributed by atoms with Gasteiger partial charge in [0.15, 0.2) is 0 Å². The second kappa shape index (κ2) is 6.87. The number of amides is 1. The zero-order valence-corrected chi connectivity index (χ0v) is 17.4. The summed E-state index contributed by atoms with van der Waals surface area (Å²) < 4.78 is 9.18. The lowest BCUT2D eigenvalue weighted by molar-refractivity contribution is 0.0646. The summed E-state index contributed by atoms with van der Waals surface area (Å²) in [5.41, 5.74) is 4.96. The van der Waals surface area contributed by atoms with Crippen LogP contribution in [0.2, 0.25) is 0 Å². The van der Waals surface area contributed by atoms with Crippen molar-refractivity contribution in [2.45, 2.75) is 19.4 Å². The van der Waals surface area contributed by atoms with Gasteiger partial charge in [0.1, 0.15) is 11.7 Å². The Morgan fingerprint density at radius 1 is 1.22 bits per heavy atom. The predicted octanol–water partition coefficient (Wildman–Crippen LogP) is 1.94. The molecule has 1 aliphatic rings. The first-order valence-corrected chi connectivity index (χ1v) is 10.2. The van der Waals surface area contributed by atoms with Crippen LogP contribution in [0.3, 0.4) is 0 Å². The predicted molar refractivity (Wildman–Crippen MR) is 112 cm³/mol. The second-order valence-corrected chi connectivity index (χ2v) is 7.78. The lowest BCUT2D eigenvalue weighted by Gasteiger charge is -2.32. The Balaban J connectivity index is 1.41. The number of hydrogen-bond acceptors (Lipinski definition) is 7. The van der Waals surface area contributed by atoms with E-state index in [0.29, 0.717) is 18.7 Å². The number of aromatic amines is 1. The van der Waals surface area contributed by atoms with Crippen molar-refractivity contribution in [3.05, 3.63) is 71.5 Å². The van der Waals surface area contributed by atoms with Crippen LogP contribution in [0.4, 0.5) is 0 Å². The topological polar surface area (TPSA) is 123 Å². The highest BCUT2D eigenvalue weighted by Crippen LogP contribution is 2.34. The third-order valence-corrected chi connectivity index (χ3v) is 5.70. The van der Waals surface area contributed by atoms with E-state index in [4.69, 9.17) is 9.52 Å². The van der Waals surface area contributed by atoms with Gasteiger partial charge in [0, 0.05) is 37.6 Å². The summed E-state index contributed by atoms with van der Waals surface area (Å²) in [7, 11) is 1.79. The average molecular weight is 429 g/mol.